The summed E-state index contributed by atoms with van der Waals surface area (Å²) in [5, 5.41) is 38.6. The van der Waals surface area contributed by atoms with Crippen LogP contribution in [-0.2, 0) is 29.0 Å². The van der Waals surface area contributed by atoms with E-state index in [1.54, 1.807) is 36.4 Å². The van der Waals surface area contributed by atoms with Gasteiger partial charge in [-0.3, -0.25) is 9.32 Å². The molecular weight excluding hydrogens is 543 g/mol. The molecule has 40 heavy (non-hydrogen) atoms. The van der Waals surface area contributed by atoms with E-state index in [-0.39, 0.29) is 23.4 Å². The third kappa shape index (κ3) is 5.27. The van der Waals surface area contributed by atoms with Gasteiger partial charge in [0, 0.05) is 0 Å². The smallest absolute Gasteiger partial charge is 0.459 e. The summed E-state index contributed by atoms with van der Waals surface area (Å²) in [6, 6.07) is 12.0. The molecule has 0 radical (unpaired) electrons. The minimum Gasteiger partial charge on any atom is -0.461 e. The molecule has 1 saturated heterocycles. The van der Waals surface area contributed by atoms with Crippen molar-refractivity contribution in [1.82, 2.24) is 19.7 Å². The topological polar surface area (TPSA) is 204 Å². The number of fused-ring (bicyclic) bond motifs is 1. The van der Waals surface area contributed by atoms with Crippen molar-refractivity contribution in [3.63, 3.8) is 0 Å². The molecule has 2 unspecified atom stereocenters. The number of aliphatic hydroxyl groups excluding tert-OH is 2. The fourth-order valence-corrected chi connectivity index (χ4v) is 5.98. The fraction of sp³-hybridized carbons (Fsp3) is 0.440. The number of anilines is 1. The zero-order valence-electron chi connectivity index (χ0n) is 21.5. The molecule has 2 aromatic heterocycles. The molecule has 5 rings (SSSR count). The Morgan fingerprint density at radius 3 is 2.75 bits per heavy atom. The predicted octanol–water partition coefficient (Wildman–Crippen LogP) is 1.43. The summed E-state index contributed by atoms with van der Waals surface area (Å²) in [5.41, 5.74) is 4.28. The second kappa shape index (κ2) is 11.1. The number of carbonyl (C=O) groups is 1. The Bertz CT molecular complexity index is 1460. The molecule has 2 fully saturated rings. The van der Waals surface area contributed by atoms with Gasteiger partial charge >= 0.3 is 13.7 Å². The summed E-state index contributed by atoms with van der Waals surface area (Å²) in [6.45, 7) is 0.881. The van der Waals surface area contributed by atoms with E-state index in [4.69, 9.17) is 24.3 Å². The van der Waals surface area contributed by atoms with Crippen molar-refractivity contribution in [2.75, 3.05) is 12.3 Å². The summed E-state index contributed by atoms with van der Waals surface area (Å²) in [7, 11) is -4.29. The standard InChI is InChI=1S/C25H29N6O8P/c1-15(24(34)37-16-8-5-9-16)30-40(35,39-17-6-3-2-4-7-17)36-12-19-21(32)22(33)25(13-26,38-19)20-11-10-18-23(27)28-14-29-31(18)20/h2-4,6-7,10-11,14-16,19,21-22,32-33H,5,8-9,12H2,1H3,(H,30,35)(H2,27,28,29)/t15?,19-,21-,22-,25+,40?/m1/s1. The number of nitrogen functional groups attached to an aromatic ring is 1. The lowest BCUT2D eigenvalue weighted by Gasteiger charge is -2.28. The highest BCUT2D eigenvalue weighted by Gasteiger charge is 2.58. The zero-order valence-corrected chi connectivity index (χ0v) is 22.4. The molecule has 0 amide bonds. The Kier molecular flexibility index (Phi) is 7.78. The van der Waals surface area contributed by atoms with E-state index in [1.807, 2.05) is 6.07 Å². The average Bonchev–Trinajstić information content (AvgIpc) is 3.46. The van der Waals surface area contributed by atoms with Crippen molar-refractivity contribution in [1.29, 1.82) is 5.26 Å². The number of aliphatic hydroxyl groups is 2. The van der Waals surface area contributed by atoms with Crippen molar-refractivity contribution in [2.45, 2.75) is 62.2 Å². The molecule has 3 heterocycles. The molecule has 1 aliphatic heterocycles. The Labute approximate surface area is 229 Å². The first-order valence-electron chi connectivity index (χ1n) is 12.7. The normalized spacial score (nSPS) is 26.9. The third-order valence-electron chi connectivity index (χ3n) is 6.90. The molecule has 2 aliphatic rings. The number of nitrogens with two attached hydrogens (primary N) is 1. The van der Waals surface area contributed by atoms with Crippen molar-refractivity contribution < 1.29 is 38.1 Å². The van der Waals surface area contributed by atoms with Crippen LogP contribution in [0.5, 0.6) is 5.75 Å². The van der Waals surface area contributed by atoms with Crippen LogP contribution in [0.4, 0.5) is 5.82 Å². The van der Waals surface area contributed by atoms with Gasteiger partial charge in [0.15, 0.2) is 5.82 Å². The predicted molar refractivity (Wildman–Crippen MR) is 139 cm³/mol. The lowest BCUT2D eigenvalue weighted by Crippen LogP contribution is -2.41. The minimum atomic E-state index is -4.29. The lowest BCUT2D eigenvalue weighted by molar-refractivity contribution is -0.154. The van der Waals surface area contributed by atoms with E-state index in [0.29, 0.717) is 5.52 Å². The number of benzene rings is 1. The van der Waals surface area contributed by atoms with Crippen LogP contribution in [-0.4, -0.2) is 67.8 Å². The molecule has 1 aliphatic carbocycles. The van der Waals surface area contributed by atoms with E-state index in [1.165, 1.54) is 23.8 Å². The molecule has 1 aromatic carbocycles. The monoisotopic (exact) mass is 572 g/mol. The van der Waals surface area contributed by atoms with Crippen molar-refractivity contribution in [2.24, 2.45) is 0 Å². The van der Waals surface area contributed by atoms with E-state index >= 15 is 0 Å². The van der Waals surface area contributed by atoms with E-state index < -0.39 is 50.3 Å². The molecule has 5 N–H and O–H groups in total. The number of aromatic nitrogens is 3. The maximum atomic E-state index is 13.8. The minimum absolute atomic E-state index is 0.0994. The van der Waals surface area contributed by atoms with Gasteiger partial charge in [-0.1, -0.05) is 18.2 Å². The molecule has 15 heteroatoms. The highest BCUT2D eigenvalue weighted by Crippen LogP contribution is 2.47. The number of nitrogens with one attached hydrogen (secondary N) is 1. The molecule has 14 nitrogen and oxygen atoms in total. The van der Waals surface area contributed by atoms with Crippen LogP contribution in [0, 0.1) is 11.3 Å². The van der Waals surface area contributed by atoms with Gasteiger partial charge in [-0.2, -0.15) is 15.4 Å². The SMILES string of the molecule is CC(NP(=O)(OC[C@H]1O[C@@](C#N)(c2ccc3c(N)ncnn23)[C@H](O)[C@@H]1O)Oc1ccccc1)C(=O)OC1CCC1. The Morgan fingerprint density at radius 2 is 2.08 bits per heavy atom. The number of nitriles is 1. The van der Waals surface area contributed by atoms with Gasteiger partial charge in [-0.05, 0) is 50.5 Å². The Morgan fingerprint density at radius 1 is 1.32 bits per heavy atom. The lowest BCUT2D eigenvalue weighted by atomic mass is 9.92. The summed E-state index contributed by atoms with van der Waals surface area (Å²) < 4.78 is 37.6. The summed E-state index contributed by atoms with van der Waals surface area (Å²) in [5.74, 6) is -0.297. The molecular formula is C25H29N6O8P. The zero-order chi connectivity index (χ0) is 28.5. The Hall–Kier alpha value is -3.57. The number of para-hydroxylation sites is 1. The van der Waals surface area contributed by atoms with Crippen molar-refractivity contribution in [3.05, 3.63) is 54.5 Å². The summed E-state index contributed by atoms with van der Waals surface area (Å²) >= 11 is 0. The number of rotatable bonds is 10. The molecule has 0 spiro atoms. The number of nitrogens with zero attached hydrogens (tertiary/aromatic N) is 4. The number of ether oxygens (including phenoxy) is 2. The molecule has 6 atom stereocenters. The van der Waals surface area contributed by atoms with Crippen LogP contribution in [0.2, 0.25) is 0 Å². The van der Waals surface area contributed by atoms with Crippen LogP contribution in [0.15, 0.2) is 48.8 Å². The van der Waals surface area contributed by atoms with Crippen LogP contribution in [0.1, 0.15) is 31.9 Å². The van der Waals surface area contributed by atoms with Crippen LogP contribution in [0.3, 0.4) is 0 Å². The number of carbonyl (C=O) groups excluding carboxylic acids is 1. The second-order valence-corrected chi connectivity index (χ2v) is 11.3. The summed E-state index contributed by atoms with van der Waals surface area (Å²) in [4.78, 5) is 16.4. The Balaban J connectivity index is 1.35. The largest absolute Gasteiger partial charge is 0.461 e. The van der Waals surface area contributed by atoms with E-state index in [2.05, 4.69) is 15.2 Å². The number of hydrogen-bond acceptors (Lipinski definition) is 12. The van der Waals surface area contributed by atoms with Gasteiger partial charge in [0.25, 0.3) is 0 Å². The van der Waals surface area contributed by atoms with E-state index in [9.17, 15) is 24.8 Å². The highest BCUT2D eigenvalue weighted by molar-refractivity contribution is 7.52. The molecule has 1 saturated carbocycles. The average molecular weight is 573 g/mol. The third-order valence-corrected chi connectivity index (χ3v) is 8.55. The van der Waals surface area contributed by atoms with Gasteiger partial charge in [-0.25, -0.2) is 14.1 Å². The first kappa shape index (κ1) is 28.0. The maximum absolute atomic E-state index is 13.8. The van der Waals surface area contributed by atoms with Gasteiger partial charge in [0.05, 0.1) is 12.3 Å². The van der Waals surface area contributed by atoms with Crippen LogP contribution < -0.4 is 15.3 Å². The quantitative estimate of drug-likeness (QED) is 0.201. The van der Waals surface area contributed by atoms with Crippen molar-refractivity contribution in [3.8, 4) is 11.8 Å². The molecule has 212 valence electrons. The first-order chi connectivity index (χ1) is 19.2. The fourth-order valence-electron chi connectivity index (χ4n) is 4.48. The van der Waals surface area contributed by atoms with Gasteiger partial charge in [-0.15, -0.1) is 0 Å². The summed E-state index contributed by atoms with van der Waals surface area (Å²) in [6.07, 6.45) is -1.20. The van der Waals surface area contributed by atoms with Crippen LogP contribution in [0.25, 0.3) is 5.52 Å². The van der Waals surface area contributed by atoms with Crippen molar-refractivity contribution >= 4 is 25.1 Å². The molecule has 3 aromatic rings. The van der Waals surface area contributed by atoms with E-state index in [0.717, 1.165) is 19.3 Å². The number of hydrogen-bond donors (Lipinski definition) is 4. The maximum Gasteiger partial charge on any atom is 0.459 e. The number of esters is 1. The second-order valence-electron chi connectivity index (χ2n) is 9.64. The highest BCUT2D eigenvalue weighted by atomic mass is 31.2. The van der Waals surface area contributed by atoms with Gasteiger partial charge in [0.2, 0.25) is 5.60 Å². The molecule has 0 bridgehead atoms. The first-order valence-corrected chi connectivity index (χ1v) is 14.2. The van der Waals surface area contributed by atoms with Gasteiger partial charge < -0.3 is 29.9 Å². The van der Waals surface area contributed by atoms with Crippen LogP contribution >= 0.6 is 7.75 Å². The van der Waals surface area contributed by atoms with Gasteiger partial charge in [0.1, 0.15) is 54.1 Å².